The summed E-state index contributed by atoms with van der Waals surface area (Å²) in [6.45, 7) is 7.08. The highest BCUT2D eigenvalue weighted by Gasteiger charge is 2.47. The highest BCUT2D eigenvalue weighted by molar-refractivity contribution is 5.79. The lowest BCUT2D eigenvalue weighted by Gasteiger charge is -2.45. The van der Waals surface area contributed by atoms with Crippen molar-refractivity contribution in [2.75, 3.05) is 13.2 Å². The number of carbonyl (C=O) groups is 1. The topological polar surface area (TPSA) is 82.4 Å². The SMILES string of the molecule is CC(C)(C)C[C@@H](NC1NCNC(N2CCCC2C2CCC(C(F)(F)F)CC2)C1F)C(N)=O. The van der Waals surface area contributed by atoms with E-state index in [-0.39, 0.29) is 30.2 Å². The van der Waals surface area contributed by atoms with Crippen LogP contribution in [0.4, 0.5) is 17.6 Å². The molecule has 0 aromatic rings. The first-order chi connectivity index (χ1) is 14.9. The van der Waals surface area contributed by atoms with Crippen LogP contribution in [-0.4, -0.2) is 60.8 Å². The van der Waals surface area contributed by atoms with Gasteiger partial charge in [-0.15, -0.1) is 0 Å². The quantitative estimate of drug-likeness (QED) is 0.454. The molecular formula is C22H39F4N5O. The molecule has 4 unspecified atom stereocenters. The molecule has 32 heavy (non-hydrogen) atoms. The molecule has 0 aromatic carbocycles. The molecule has 0 bridgehead atoms. The highest BCUT2D eigenvalue weighted by Crippen LogP contribution is 2.43. The fourth-order valence-electron chi connectivity index (χ4n) is 5.70. The molecule has 1 saturated carbocycles. The monoisotopic (exact) mass is 465 g/mol. The number of alkyl halides is 4. The molecule has 2 saturated heterocycles. The van der Waals surface area contributed by atoms with Gasteiger partial charge in [-0.1, -0.05) is 20.8 Å². The molecule has 0 spiro atoms. The summed E-state index contributed by atoms with van der Waals surface area (Å²) < 4.78 is 54.8. The van der Waals surface area contributed by atoms with Crippen LogP contribution in [0, 0.1) is 17.3 Å². The van der Waals surface area contributed by atoms with E-state index in [2.05, 4.69) is 20.9 Å². The van der Waals surface area contributed by atoms with Crippen LogP contribution < -0.4 is 21.7 Å². The Labute approximate surface area is 188 Å². The van der Waals surface area contributed by atoms with Crippen LogP contribution in [0.5, 0.6) is 0 Å². The van der Waals surface area contributed by atoms with Gasteiger partial charge in [0, 0.05) is 19.3 Å². The largest absolute Gasteiger partial charge is 0.391 e. The van der Waals surface area contributed by atoms with Crippen molar-refractivity contribution < 1.29 is 22.4 Å². The van der Waals surface area contributed by atoms with Gasteiger partial charge in [0.1, 0.15) is 0 Å². The number of amides is 1. The van der Waals surface area contributed by atoms with Gasteiger partial charge in [0.25, 0.3) is 0 Å². The number of nitrogens with two attached hydrogens (primary N) is 1. The van der Waals surface area contributed by atoms with Gasteiger partial charge in [0.15, 0.2) is 6.17 Å². The summed E-state index contributed by atoms with van der Waals surface area (Å²) in [6.07, 6.45) is -3.08. The minimum Gasteiger partial charge on any atom is -0.368 e. The van der Waals surface area contributed by atoms with E-state index in [0.717, 1.165) is 19.4 Å². The van der Waals surface area contributed by atoms with Crippen LogP contribution in [0.15, 0.2) is 0 Å². The van der Waals surface area contributed by atoms with Gasteiger partial charge in [-0.2, -0.15) is 13.2 Å². The zero-order valence-corrected chi connectivity index (χ0v) is 19.4. The first-order valence-corrected chi connectivity index (χ1v) is 11.9. The lowest BCUT2D eigenvalue weighted by Crippen LogP contribution is -2.71. The Hall–Kier alpha value is -0.970. The Balaban J connectivity index is 1.63. The number of hydrogen-bond acceptors (Lipinski definition) is 5. The van der Waals surface area contributed by atoms with Gasteiger partial charge in [0.2, 0.25) is 5.91 Å². The van der Waals surface area contributed by atoms with Crippen molar-refractivity contribution in [3.05, 3.63) is 0 Å². The molecule has 2 heterocycles. The molecule has 0 aromatic heterocycles. The van der Waals surface area contributed by atoms with Crippen LogP contribution in [0.3, 0.4) is 0 Å². The van der Waals surface area contributed by atoms with E-state index in [0.29, 0.717) is 25.9 Å². The van der Waals surface area contributed by atoms with Gasteiger partial charge in [-0.25, -0.2) is 4.39 Å². The Kier molecular flexibility index (Phi) is 8.10. The van der Waals surface area contributed by atoms with E-state index >= 15 is 4.39 Å². The number of nitrogens with one attached hydrogen (secondary N) is 3. The summed E-state index contributed by atoms with van der Waals surface area (Å²) in [4.78, 5) is 14.1. The average Bonchev–Trinajstić information content (AvgIpc) is 3.17. The molecule has 10 heteroatoms. The number of nitrogens with zero attached hydrogens (tertiary/aromatic N) is 1. The lowest BCUT2D eigenvalue weighted by atomic mass is 9.77. The standard InChI is InChI=1S/C22H39F4N5O/c1-21(2,3)11-15(18(27)32)30-19-17(23)20(29-12-28-19)31-10-4-5-16(31)13-6-8-14(9-7-13)22(24,25)26/h13-17,19-20,28-30H,4-12H2,1-3H3,(H2,27,32)/t13?,14?,15-,16?,17?,19?,20?/m1/s1. The van der Waals surface area contributed by atoms with Crippen molar-refractivity contribution in [3.63, 3.8) is 0 Å². The summed E-state index contributed by atoms with van der Waals surface area (Å²) in [5, 5.41) is 9.33. The molecule has 1 aliphatic carbocycles. The molecule has 2 aliphatic heterocycles. The molecule has 3 rings (SSSR count). The molecule has 6 nitrogen and oxygen atoms in total. The maximum absolute atomic E-state index is 15.6. The minimum absolute atomic E-state index is 0.0835. The van der Waals surface area contributed by atoms with Crippen LogP contribution in [-0.2, 0) is 4.79 Å². The van der Waals surface area contributed by atoms with Gasteiger partial charge in [-0.3, -0.25) is 25.6 Å². The Morgan fingerprint density at radius 2 is 1.78 bits per heavy atom. The summed E-state index contributed by atoms with van der Waals surface area (Å²) in [6, 6.07) is -0.572. The van der Waals surface area contributed by atoms with Crippen molar-refractivity contribution in [1.29, 1.82) is 0 Å². The third kappa shape index (κ3) is 6.33. The third-order valence-electron chi connectivity index (χ3n) is 7.27. The second-order valence-electron chi connectivity index (χ2n) is 10.9. The second kappa shape index (κ2) is 10.1. The number of rotatable bonds is 6. The molecule has 5 atom stereocenters. The number of primary amides is 1. The first-order valence-electron chi connectivity index (χ1n) is 11.9. The number of likely N-dealkylation sites (tertiary alicyclic amines) is 1. The van der Waals surface area contributed by atoms with Gasteiger partial charge in [-0.05, 0) is 56.3 Å². The van der Waals surface area contributed by atoms with Crippen molar-refractivity contribution >= 4 is 5.91 Å². The van der Waals surface area contributed by atoms with Crippen LogP contribution in [0.25, 0.3) is 0 Å². The fraction of sp³-hybridized carbons (Fsp3) is 0.955. The molecule has 1 amide bonds. The molecule has 0 radical (unpaired) electrons. The Bertz CT molecular complexity index is 633. The van der Waals surface area contributed by atoms with Crippen molar-refractivity contribution in [2.45, 2.75) is 102 Å². The second-order valence-corrected chi connectivity index (χ2v) is 10.9. The zero-order valence-electron chi connectivity index (χ0n) is 19.4. The maximum Gasteiger partial charge on any atom is 0.391 e. The number of hydrogen-bond donors (Lipinski definition) is 4. The summed E-state index contributed by atoms with van der Waals surface area (Å²) in [7, 11) is 0. The van der Waals surface area contributed by atoms with Crippen LogP contribution >= 0.6 is 0 Å². The summed E-state index contributed by atoms with van der Waals surface area (Å²) in [5.41, 5.74) is 5.41. The van der Waals surface area contributed by atoms with E-state index in [4.69, 9.17) is 5.73 Å². The molecular weight excluding hydrogens is 426 g/mol. The van der Waals surface area contributed by atoms with Gasteiger partial charge >= 0.3 is 6.18 Å². The van der Waals surface area contributed by atoms with Crippen LogP contribution in [0.2, 0.25) is 0 Å². The predicted octanol–water partition coefficient (Wildman–Crippen LogP) is 2.84. The van der Waals surface area contributed by atoms with Crippen molar-refractivity contribution in [3.8, 4) is 0 Å². The third-order valence-corrected chi connectivity index (χ3v) is 7.27. The van der Waals surface area contributed by atoms with Crippen molar-refractivity contribution in [2.24, 2.45) is 23.0 Å². The smallest absolute Gasteiger partial charge is 0.368 e. The number of carbonyl (C=O) groups excluding carboxylic acids is 1. The lowest BCUT2D eigenvalue weighted by molar-refractivity contribution is -0.185. The van der Waals surface area contributed by atoms with E-state index in [1.54, 1.807) is 0 Å². The first kappa shape index (κ1) is 25.6. The van der Waals surface area contributed by atoms with Gasteiger partial charge < -0.3 is 5.73 Å². The van der Waals surface area contributed by atoms with Gasteiger partial charge in [0.05, 0.1) is 24.3 Å². The molecule has 186 valence electrons. The highest BCUT2D eigenvalue weighted by atomic mass is 19.4. The predicted molar refractivity (Wildman–Crippen MR) is 115 cm³/mol. The summed E-state index contributed by atoms with van der Waals surface area (Å²) in [5.74, 6) is -1.56. The number of halogens is 4. The zero-order chi connectivity index (χ0) is 23.7. The van der Waals surface area contributed by atoms with Crippen molar-refractivity contribution in [1.82, 2.24) is 20.9 Å². The normalized spacial score (nSPS) is 36.2. The molecule has 3 fully saturated rings. The molecule has 3 aliphatic rings. The van der Waals surface area contributed by atoms with Crippen LogP contribution in [0.1, 0.15) is 65.7 Å². The van der Waals surface area contributed by atoms with E-state index in [1.807, 2.05) is 20.8 Å². The fourth-order valence-corrected chi connectivity index (χ4v) is 5.70. The molecule has 5 N–H and O–H groups in total. The summed E-state index contributed by atoms with van der Waals surface area (Å²) >= 11 is 0. The Morgan fingerprint density at radius 3 is 2.34 bits per heavy atom. The Morgan fingerprint density at radius 1 is 1.12 bits per heavy atom. The average molecular weight is 466 g/mol. The van der Waals surface area contributed by atoms with E-state index in [9.17, 15) is 18.0 Å². The minimum atomic E-state index is -4.12. The maximum atomic E-state index is 15.6. The van der Waals surface area contributed by atoms with E-state index < -0.39 is 42.5 Å². The van der Waals surface area contributed by atoms with E-state index in [1.165, 1.54) is 0 Å².